The number of ketones is 1. The Kier molecular flexibility index (Phi) is 3.70. The Hall–Kier alpha value is -1.05. The van der Waals surface area contributed by atoms with Gasteiger partial charge in [-0.15, -0.1) is 11.3 Å². The van der Waals surface area contributed by atoms with E-state index in [0.29, 0.717) is 9.35 Å². The number of ether oxygens (including phenoxy) is 1. The van der Waals surface area contributed by atoms with Crippen molar-refractivity contribution in [1.29, 1.82) is 0 Å². The van der Waals surface area contributed by atoms with Crippen LogP contribution in [-0.2, 0) is 14.3 Å². The molecule has 0 saturated carbocycles. The molecule has 17 heavy (non-hydrogen) atoms. The van der Waals surface area contributed by atoms with Gasteiger partial charge in [0.05, 0.1) is 11.4 Å². The van der Waals surface area contributed by atoms with Crippen LogP contribution in [0.4, 0.5) is 0 Å². The van der Waals surface area contributed by atoms with E-state index in [1.165, 1.54) is 11.3 Å². The van der Waals surface area contributed by atoms with E-state index in [1.54, 1.807) is 11.4 Å². The van der Waals surface area contributed by atoms with Crippen LogP contribution in [0.2, 0.25) is 0 Å². The number of Topliss-reactive ketones (excluding diaryl/α,β-unsaturated/α-hetero) is 1. The number of hydrogen-bond donors (Lipinski definition) is 0. The Labute approximate surface area is 109 Å². The number of morpholine rings is 1. The van der Waals surface area contributed by atoms with Crippen molar-refractivity contribution in [3.8, 4) is 0 Å². The quantitative estimate of drug-likeness (QED) is 0.618. The third-order valence-corrected chi connectivity index (χ3v) is 4.10. The summed E-state index contributed by atoms with van der Waals surface area (Å²) >= 11 is 4.51. The molecule has 0 aliphatic carbocycles. The van der Waals surface area contributed by atoms with Crippen LogP contribution < -0.4 is 0 Å². The molecule has 1 saturated heterocycles. The van der Waals surface area contributed by atoms with Gasteiger partial charge in [-0.1, -0.05) is 0 Å². The van der Waals surface area contributed by atoms with Crippen molar-refractivity contribution in [2.75, 3.05) is 19.8 Å². The van der Waals surface area contributed by atoms with Gasteiger partial charge in [-0.2, -0.15) is 0 Å². The first-order valence-corrected chi connectivity index (χ1v) is 6.44. The topological polar surface area (TPSA) is 63.7 Å². The number of nitrogens with zero attached hydrogens (tertiary/aromatic N) is 1. The summed E-state index contributed by atoms with van der Waals surface area (Å²) in [7, 11) is 0. The Morgan fingerprint density at radius 2 is 2.06 bits per heavy atom. The fourth-order valence-electron chi connectivity index (χ4n) is 1.41. The Balaban J connectivity index is 2.10. The average molecular weight is 318 g/mol. The van der Waals surface area contributed by atoms with Gasteiger partial charge in [-0.25, -0.2) is 0 Å². The summed E-state index contributed by atoms with van der Waals surface area (Å²) in [5.74, 6) is -1.19. The predicted octanol–water partition coefficient (Wildman–Crippen LogP) is 1.08. The first kappa shape index (κ1) is 12.4. The molecule has 2 heterocycles. The Bertz CT molecular complexity index is 468. The third kappa shape index (κ3) is 2.62. The standard InChI is InChI=1S/C10H8BrNO4S/c11-6-1-2-17-10(6)7(13)3-12-8(14)4-16-5-9(12)15/h1-2H,3-5H2. The number of imide groups is 1. The lowest BCUT2D eigenvalue weighted by Gasteiger charge is -2.23. The second-order valence-corrected chi connectivity index (χ2v) is 5.16. The number of rotatable bonds is 3. The van der Waals surface area contributed by atoms with Crippen LogP contribution in [0.1, 0.15) is 9.67 Å². The van der Waals surface area contributed by atoms with Crippen LogP contribution >= 0.6 is 27.3 Å². The molecule has 2 rings (SSSR count). The monoisotopic (exact) mass is 317 g/mol. The maximum absolute atomic E-state index is 11.9. The lowest BCUT2D eigenvalue weighted by Crippen LogP contribution is -2.48. The summed E-state index contributed by atoms with van der Waals surface area (Å²) in [6.07, 6.45) is 0. The van der Waals surface area contributed by atoms with Crippen LogP contribution in [0.3, 0.4) is 0 Å². The van der Waals surface area contributed by atoms with Gasteiger partial charge >= 0.3 is 0 Å². The van der Waals surface area contributed by atoms with E-state index in [1.807, 2.05) is 0 Å². The summed E-state index contributed by atoms with van der Waals surface area (Å²) in [5, 5.41) is 1.76. The molecule has 0 aromatic carbocycles. The van der Waals surface area contributed by atoms with E-state index < -0.39 is 11.8 Å². The zero-order valence-electron chi connectivity index (χ0n) is 8.64. The zero-order chi connectivity index (χ0) is 12.4. The molecule has 0 unspecified atom stereocenters. The molecule has 1 aromatic heterocycles. The van der Waals surface area contributed by atoms with E-state index in [4.69, 9.17) is 4.74 Å². The fraction of sp³-hybridized carbons (Fsp3) is 0.300. The minimum Gasteiger partial charge on any atom is -0.362 e. The third-order valence-electron chi connectivity index (χ3n) is 2.23. The van der Waals surface area contributed by atoms with Gasteiger partial charge in [0.25, 0.3) is 11.8 Å². The van der Waals surface area contributed by atoms with E-state index in [0.717, 1.165) is 4.90 Å². The molecule has 1 aliphatic rings. The number of thiophene rings is 1. The highest BCUT2D eigenvalue weighted by Crippen LogP contribution is 2.23. The molecule has 7 heteroatoms. The Morgan fingerprint density at radius 3 is 2.59 bits per heavy atom. The lowest BCUT2D eigenvalue weighted by molar-refractivity contribution is -0.157. The SMILES string of the molecule is O=C(CN1C(=O)COCC1=O)c1sccc1Br. The number of hydrogen-bond acceptors (Lipinski definition) is 5. The van der Waals surface area contributed by atoms with Crippen molar-refractivity contribution in [3.05, 3.63) is 20.8 Å². The number of amides is 2. The molecule has 90 valence electrons. The van der Waals surface area contributed by atoms with Gasteiger partial charge in [0.2, 0.25) is 0 Å². The van der Waals surface area contributed by atoms with E-state index in [-0.39, 0.29) is 25.5 Å². The van der Waals surface area contributed by atoms with Crippen molar-refractivity contribution in [2.24, 2.45) is 0 Å². The summed E-state index contributed by atoms with van der Waals surface area (Å²) in [6, 6.07) is 1.75. The molecule has 0 N–H and O–H groups in total. The van der Waals surface area contributed by atoms with Gasteiger partial charge in [-0.3, -0.25) is 19.3 Å². The van der Waals surface area contributed by atoms with Crippen LogP contribution in [0, 0.1) is 0 Å². The fourth-order valence-corrected chi connectivity index (χ4v) is 2.93. The van der Waals surface area contributed by atoms with Crippen molar-refractivity contribution in [1.82, 2.24) is 4.90 Å². The number of carbonyl (C=O) groups excluding carboxylic acids is 3. The molecule has 2 amide bonds. The van der Waals surface area contributed by atoms with Crippen LogP contribution in [0.25, 0.3) is 0 Å². The maximum atomic E-state index is 11.9. The van der Waals surface area contributed by atoms with Gasteiger partial charge in [0.15, 0.2) is 5.78 Å². The van der Waals surface area contributed by atoms with Crippen molar-refractivity contribution >= 4 is 44.9 Å². The number of halogens is 1. The minimum atomic E-state index is -0.470. The maximum Gasteiger partial charge on any atom is 0.255 e. The van der Waals surface area contributed by atoms with Gasteiger partial charge < -0.3 is 4.74 Å². The molecule has 1 aliphatic heterocycles. The molecule has 0 atom stereocenters. The second kappa shape index (κ2) is 5.07. The molecular formula is C10H8BrNO4S. The molecule has 1 fully saturated rings. The molecule has 0 bridgehead atoms. The predicted molar refractivity (Wildman–Crippen MR) is 63.9 cm³/mol. The molecule has 5 nitrogen and oxygen atoms in total. The highest BCUT2D eigenvalue weighted by Gasteiger charge is 2.29. The largest absolute Gasteiger partial charge is 0.362 e. The van der Waals surface area contributed by atoms with Gasteiger partial charge in [0.1, 0.15) is 13.2 Å². The highest BCUT2D eigenvalue weighted by molar-refractivity contribution is 9.10. The molecule has 0 radical (unpaired) electrons. The van der Waals surface area contributed by atoms with Crippen LogP contribution in [-0.4, -0.2) is 42.3 Å². The molecule has 1 aromatic rings. The van der Waals surface area contributed by atoms with E-state index in [9.17, 15) is 14.4 Å². The van der Waals surface area contributed by atoms with Crippen molar-refractivity contribution in [2.45, 2.75) is 0 Å². The summed E-state index contributed by atoms with van der Waals surface area (Å²) < 4.78 is 5.44. The van der Waals surface area contributed by atoms with E-state index in [2.05, 4.69) is 15.9 Å². The normalized spacial score (nSPS) is 16.4. The summed E-state index contributed by atoms with van der Waals surface area (Å²) in [5.41, 5.74) is 0. The second-order valence-electron chi connectivity index (χ2n) is 3.39. The lowest BCUT2D eigenvalue weighted by atomic mass is 10.2. The molecule has 0 spiro atoms. The van der Waals surface area contributed by atoms with Crippen molar-refractivity contribution in [3.63, 3.8) is 0 Å². The highest BCUT2D eigenvalue weighted by atomic mass is 79.9. The van der Waals surface area contributed by atoms with Gasteiger partial charge in [0, 0.05) is 4.47 Å². The van der Waals surface area contributed by atoms with Crippen LogP contribution in [0.15, 0.2) is 15.9 Å². The molecular weight excluding hydrogens is 310 g/mol. The van der Waals surface area contributed by atoms with Crippen molar-refractivity contribution < 1.29 is 19.1 Å². The zero-order valence-corrected chi connectivity index (χ0v) is 11.0. The summed E-state index contributed by atoms with van der Waals surface area (Å²) in [4.78, 5) is 36.2. The van der Waals surface area contributed by atoms with Gasteiger partial charge in [-0.05, 0) is 27.4 Å². The summed E-state index contributed by atoms with van der Waals surface area (Å²) in [6.45, 7) is -0.518. The Morgan fingerprint density at radius 1 is 1.41 bits per heavy atom. The number of carbonyl (C=O) groups is 3. The first-order chi connectivity index (χ1) is 8.09. The smallest absolute Gasteiger partial charge is 0.255 e. The first-order valence-electron chi connectivity index (χ1n) is 4.76. The van der Waals surface area contributed by atoms with E-state index >= 15 is 0 Å². The van der Waals surface area contributed by atoms with Crippen LogP contribution in [0.5, 0.6) is 0 Å². The average Bonchev–Trinajstić information content (AvgIpc) is 2.70. The minimum absolute atomic E-state index is 0.148.